The summed E-state index contributed by atoms with van der Waals surface area (Å²) in [6.45, 7) is -0.290. The molecule has 1 aromatic carbocycles. The second kappa shape index (κ2) is 6.68. The molecule has 1 atom stereocenters. The molecule has 0 saturated carbocycles. The molecule has 0 aliphatic carbocycles. The Kier molecular flexibility index (Phi) is 5.72. The first-order valence-corrected chi connectivity index (χ1v) is 7.39. The number of aliphatic hydroxyl groups excluding tert-OH is 1. The van der Waals surface area contributed by atoms with Crippen LogP contribution in [-0.2, 0) is 14.8 Å². The number of benzene rings is 1. The van der Waals surface area contributed by atoms with Crippen molar-refractivity contribution in [1.82, 2.24) is 4.31 Å². The minimum Gasteiger partial charge on any atom is -0.399 e. The van der Waals surface area contributed by atoms with Gasteiger partial charge in [-0.15, -0.1) is 0 Å². The van der Waals surface area contributed by atoms with E-state index in [9.17, 15) is 17.9 Å². The summed E-state index contributed by atoms with van der Waals surface area (Å²) in [6.07, 6.45) is -1.03. The zero-order valence-electron chi connectivity index (χ0n) is 11.0. The average Bonchev–Trinajstić information content (AvgIpc) is 2.33. The first-order chi connectivity index (χ1) is 9.20. The van der Waals surface area contributed by atoms with Crippen molar-refractivity contribution in [2.75, 3.05) is 33.0 Å². The minimum absolute atomic E-state index is 0.0285. The highest BCUT2D eigenvalue weighted by atomic mass is 35.5. The molecule has 114 valence electrons. The SMILES string of the molecule is COCC(O)CN(C)S(=O)(=O)c1cc(N)cc(Cl)c1F. The van der Waals surface area contributed by atoms with Crippen molar-refractivity contribution in [3.63, 3.8) is 0 Å². The number of sulfonamides is 1. The van der Waals surface area contributed by atoms with Crippen LogP contribution in [0.2, 0.25) is 5.02 Å². The molecule has 1 aromatic rings. The van der Waals surface area contributed by atoms with E-state index < -0.39 is 26.8 Å². The molecule has 0 fully saturated rings. The molecule has 0 aromatic heterocycles. The van der Waals surface area contributed by atoms with E-state index >= 15 is 0 Å². The molecule has 0 bridgehead atoms. The largest absolute Gasteiger partial charge is 0.399 e. The van der Waals surface area contributed by atoms with Crippen LogP contribution in [0.15, 0.2) is 17.0 Å². The van der Waals surface area contributed by atoms with E-state index in [0.29, 0.717) is 0 Å². The fraction of sp³-hybridized carbons (Fsp3) is 0.455. The zero-order valence-corrected chi connectivity index (χ0v) is 12.6. The Morgan fingerprint density at radius 3 is 2.70 bits per heavy atom. The first kappa shape index (κ1) is 17.1. The van der Waals surface area contributed by atoms with Crippen LogP contribution in [0.5, 0.6) is 0 Å². The molecule has 3 N–H and O–H groups in total. The van der Waals surface area contributed by atoms with Crippen LogP contribution in [0.1, 0.15) is 0 Å². The summed E-state index contributed by atoms with van der Waals surface area (Å²) < 4.78 is 43.8. The van der Waals surface area contributed by atoms with E-state index in [-0.39, 0.29) is 23.9 Å². The number of anilines is 1. The summed E-state index contributed by atoms with van der Waals surface area (Å²) in [5, 5.41) is 9.15. The maximum absolute atomic E-state index is 13.8. The van der Waals surface area contributed by atoms with Gasteiger partial charge in [0.2, 0.25) is 10.0 Å². The van der Waals surface area contributed by atoms with Crippen LogP contribution in [-0.4, -0.2) is 51.2 Å². The van der Waals surface area contributed by atoms with Gasteiger partial charge in [0.1, 0.15) is 4.90 Å². The molecule has 20 heavy (non-hydrogen) atoms. The average molecular weight is 327 g/mol. The Bertz CT molecular complexity index is 582. The van der Waals surface area contributed by atoms with Gasteiger partial charge in [0.15, 0.2) is 5.82 Å². The standard InChI is InChI=1S/C11H16ClFN2O4S/c1-15(5-8(16)6-19-2)20(17,18)10-4-7(14)3-9(12)11(10)13/h3-4,8,16H,5-6,14H2,1-2H3. The summed E-state index contributed by atoms with van der Waals surface area (Å²) in [5.41, 5.74) is 5.50. The Balaban J connectivity index is 3.11. The van der Waals surface area contributed by atoms with Crippen LogP contribution < -0.4 is 5.73 Å². The smallest absolute Gasteiger partial charge is 0.245 e. The number of aliphatic hydroxyl groups is 1. The Morgan fingerprint density at radius 1 is 1.55 bits per heavy atom. The van der Waals surface area contributed by atoms with Gasteiger partial charge in [-0.1, -0.05) is 11.6 Å². The third-order valence-corrected chi connectivity index (χ3v) is 4.63. The van der Waals surface area contributed by atoms with Crippen LogP contribution >= 0.6 is 11.6 Å². The molecule has 0 aliphatic heterocycles. The molecule has 6 nitrogen and oxygen atoms in total. The Labute approximate surface area is 121 Å². The van der Waals surface area contributed by atoms with Crippen LogP contribution in [0.25, 0.3) is 0 Å². The summed E-state index contributed by atoms with van der Waals surface area (Å²) in [5.74, 6) is -1.08. The van der Waals surface area contributed by atoms with Gasteiger partial charge in [-0.3, -0.25) is 0 Å². The number of hydrogen-bond acceptors (Lipinski definition) is 5. The molecular weight excluding hydrogens is 311 g/mol. The van der Waals surface area contributed by atoms with Crippen LogP contribution in [0.3, 0.4) is 0 Å². The number of nitrogens with two attached hydrogens (primary N) is 1. The molecule has 0 amide bonds. The molecule has 9 heteroatoms. The highest BCUT2D eigenvalue weighted by molar-refractivity contribution is 7.89. The highest BCUT2D eigenvalue weighted by Crippen LogP contribution is 2.27. The summed E-state index contributed by atoms with van der Waals surface area (Å²) in [4.78, 5) is -0.630. The van der Waals surface area contributed by atoms with Gasteiger partial charge in [-0.2, -0.15) is 4.31 Å². The molecule has 1 unspecified atom stereocenters. The number of likely N-dealkylation sites (N-methyl/N-ethyl adjacent to an activating group) is 1. The van der Waals surface area contributed by atoms with Gasteiger partial charge >= 0.3 is 0 Å². The predicted octanol–water partition coefficient (Wildman–Crippen LogP) is 0.689. The topological polar surface area (TPSA) is 92.9 Å². The quantitative estimate of drug-likeness (QED) is 0.750. The fourth-order valence-corrected chi connectivity index (χ4v) is 3.19. The molecule has 1 rings (SSSR count). The predicted molar refractivity (Wildman–Crippen MR) is 73.5 cm³/mol. The highest BCUT2D eigenvalue weighted by Gasteiger charge is 2.27. The number of ether oxygens (including phenoxy) is 1. The summed E-state index contributed by atoms with van der Waals surface area (Å²) in [6, 6.07) is 2.10. The first-order valence-electron chi connectivity index (χ1n) is 5.58. The van der Waals surface area contributed by atoms with E-state index in [0.717, 1.165) is 16.4 Å². The van der Waals surface area contributed by atoms with E-state index in [4.69, 9.17) is 22.1 Å². The summed E-state index contributed by atoms with van der Waals surface area (Å²) in [7, 11) is -1.57. The van der Waals surface area contributed by atoms with Gasteiger partial charge in [-0.05, 0) is 12.1 Å². The van der Waals surface area contributed by atoms with Crippen molar-refractivity contribution in [3.8, 4) is 0 Å². The van der Waals surface area contributed by atoms with Crippen molar-refractivity contribution in [3.05, 3.63) is 23.0 Å². The second-order valence-corrected chi connectivity index (χ2v) is 6.63. The summed E-state index contributed by atoms with van der Waals surface area (Å²) >= 11 is 5.58. The molecular formula is C11H16ClFN2O4S. The molecule has 0 radical (unpaired) electrons. The number of halogens is 2. The number of nitrogens with zero attached hydrogens (tertiary/aromatic N) is 1. The number of hydrogen-bond donors (Lipinski definition) is 2. The maximum atomic E-state index is 13.8. The van der Waals surface area contributed by atoms with Crippen molar-refractivity contribution in [2.24, 2.45) is 0 Å². The molecule has 0 heterocycles. The van der Waals surface area contributed by atoms with E-state index in [1.165, 1.54) is 14.2 Å². The number of methoxy groups -OCH3 is 1. The molecule has 0 saturated heterocycles. The molecule has 0 spiro atoms. The molecule has 0 aliphatic rings. The lowest BCUT2D eigenvalue weighted by Gasteiger charge is -2.20. The fourth-order valence-electron chi connectivity index (χ4n) is 1.58. The lowest BCUT2D eigenvalue weighted by Crippen LogP contribution is -2.36. The van der Waals surface area contributed by atoms with Crippen molar-refractivity contribution >= 4 is 27.3 Å². The third kappa shape index (κ3) is 3.80. The normalized spacial score (nSPS) is 13.7. The second-order valence-electron chi connectivity index (χ2n) is 4.21. The lowest BCUT2D eigenvalue weighted by atomic mass is 10.3. The number of nitrogen functional groups attached to an aromatic ring is 1. The minimum atomic E-state index is -4.15. The monoisotopic (exact) mass is 326 g/mol. The lowest BCUT2D eigenvalue weighted by molar-refractivity contribution is 0.0554. The van der Waals surface area contributed by atoms with Gasteiger partial charge < -0.3 is 15.6 Å². The third-order valence-electron chi connectivity index (χ3n) is 2.53. The zero-order chi connectivity index (χ0) is 15.5. The number of rotatable bonds is 6. The Hall–Kier alpha value is -0.930. The van der Waals surface area contributed by atoms with Crippen molar-refractivity contribution in [1.29, 1.82) is 0 Å². The van der Waals surface area contributed by atoms with Crippen molar-refractivity contribution < 1.29 is 22.7 Å². The van der Waals surface area contributed by atoms with Gasteiger partial charge in [0, 0.05) is 26.4 Å². The van der Waals surface area contributed by atoms with Crippen molar-refractivity contribution in [2.45, 2.75) is 11.0 Å². The van der Waals surface area contributed by atoms with Gasteiger partial charge in [-0.25, -0.2) is 12.8 Å². The Morgan fingerprint density at radius 2 is 2.15 bits per heavy atom. The van der Waals surface area contributed by atoms with Crippen LogP contribution in [0.4, 0.5) is 10.1 Å². The van der Waals surface area contributed by atoms with E-state index in [1.54, 1.807) is 0 Å². The van der Waals surface area contributed by atoms with Crippen LogP contribution in [0, 0.1) is 5.82 Å². The maximum Gasteiger partial charge on any atom is 0.245 e. The van der Waals surface area contributed by atoms with E-state index in [2.05, 4.69) is 0 Å². The van der Waals surface area contributed by atoms with Gasteiger partial charge in [0.25, 0.3) is 0 Å². The van der Waals surface area contributed by atoms with E-state index in [1.807, 2.05) is 0 Å². The van der Waals surface area contributed by atoms with Gasteiger partial charge in [0.05, 0.1) is 17.7 Å².